The number of hydrogen-bond acceptors (Lipinski definition) is 7. The fourth-order valence-electron chi connectivity index (χ4n) is 4.21. The summed E-state index contributed by atoms with van der Waals surface area (Å²) in [5.41, 5.74) is 5.42. The molecular formula is C30H33NO5S2. The summed E-state index contributed by atoms with van der Waals surface area (Å²) in [7, 11) is 4.76. The first kappa shape index (κ1) is 27.9. The van der Waals surface area contributed by atoms with Gasteiger partial charge in [0.15, 0.2) is 0 Å². The van der Waals surface area contributed by atoms with E-state index < -0.39 is 18.1 Å². The number of nitrogens with one attached hydrogen (secondary N) is 1. The van der Waals surface area contributed by atoms with Gasteiger partial charge in [-0.25, -0.2) is 9.59 Å². The summed E-state index contributed by atoms with van der Waals surface area (Å²) in [4.78, 5) is 25.9. The maximum atomic E-state index is 13.0. The molecule has 6 nitrogen and oxygen atoms in total. The zero-order chi connectivity index (χ0) is 27.1. The molecule has 1 atom stereocenters. The predicted molar refractivity (Wildman–Crippen MR) is 155 cm³/mol. The SMILES string of the molecule is COc1ccc(COC(=O)[C@H](CSSC(C)(C)C)NC(=O)OCC2c3ccccc3-c3ccccc32)cc1. The molecule has 0 aromatic heterocycles. The van der Waals surface area contributed by atoms with Crippen molar-refractivity contribution in [2.45, 2.75) is 44.1 Å². The van der Waals surface area contributed by atoms with Gasteiger partial charge in [0.2, 0.25) is 0 Å². The van der Waals surface area contributed by atoms with Gasteiger partial charge < -0.3 is 19.5 Å². The van der Waals surface area contributed by atoms with Crippen molar-refractivity contribution in [3.05, 3.63) is 89.5 Å². The number of methoxy groups -OCH3 is 1. The van der Waals surface area contributed by atoms with Crippen molar-refractivity contribution < 1.29 is 23.8 Å². The largest absolute Gasteiger partial charge is 0.497 e. The van der Waals surface area contributed by atoms with Crippen molar-refractivity contribution in [1.82, 2.24) is 5.32 Å². The van der Waals surface area contributed by atoms with Gasteiger partial charge in [-0.3, -0.25) is 0 Å². The number of rotatable bonds is 10. The van der Waals surface area contributed by atoms with E-state index >= 15 is 0 Å². The quantitative estimate of drug-likeness (QED) is 0.219. The average Bonchev–Trinajstić information content (AvgIpc) is 3.23. The molecule has 0 aliphatic heterocycles. The lowest BCUT2D eigenvalue weighted by Gasteiger charge is -2.21. The van der Waals surface area contributed by atoms with Crippen LogP contribution in [0.3, 0.4) is 0 Å². The standard InChI is InChI=1S/C30H33NO5S2/c1-30(2,3)38-37-19-27(28(32)35-17-20-13-15-21(34-4)16-14-20)31-29(33)36-18-26-24-11-7-5-9-22(24)23-10-6-8-12-25(23)26/h5-16,26-27H,17-19H2,1-4H3,(H,31,33)/t27-/m0/s1. The third-order valence-electron chi connectivity index (χ3n) is 6.00. The number of esters is 1. The molecular weight excluding hydrogens is 518 g/mol. The van der Waals surface area contributed by atoms with Gasteiger partial charge in [-0.2, -0.15) is 0 Å². The smallest absolute Gasteiger partial charge is 0.407 e. The molecule has 0 radical (unpaired) electrons. The number of fused-ring (bicyclic) bond motifs is 3. The number of alkyl carbamates (subject to hydrolysis) is 1. The number of benzene rings is 3. The number of carbonyl (C=O) groups excluding carboxylic acids is 2. The lowest BCUT2D eigenvalue weighted by molar-refractivity contribution is -0.146. The molecule has 0 unspecified atom stereocenters. The molecule has 38 heavy (non-hydrogen) atoms. The van der Waals surface area contributed by atoms with E-state index in [-0.39, 0.29) is 23.9 Å². The van der Waals surface area contributed by atoms with E-state index in [9.17, 15) is 9.59 Å². The molecule has 0 bridgehead atoms. The minimum Gasteiger partial charge on any atom is -0.497 e. The highest BCUT2D eigenvalue weighted by Crippen LogP contribution is 2.44. The van der Waals surface area contributed by atoms with Crippen LogP contribution in [0.25, 0.3) is 11.1 Å². The Morgan fingerprint density at radius 3 is 2.08 bits per heavy atom. The molecule has 1 N–H and O–H groups in total. The fraction of sp³-hybridized carbons (Fsp3) is 0.333. The minimum atomic E-state index is -0.844. The van der Waals surface area contributed by atoms with Crippen LogP contribution in [-0.2, 0) is 20.9 Å². The average molecular weight is 552 g/mol. The van der Waals surface area contributed by atoms with Crippen LogP contribution in [0.1, 0.15) is 43.4 Å². The molecule has 1 amide bonds. The first-order valence-corrected chi connectivity index (χ1v) is 14.8. The number of amides is 1. The number of hydrogen-bond donors (Lipinski definition) is 1. The Balaban J connectivity index is 1.38. The second-order valence-corrected chi connectivity index (χ2v) is 13.1. The van der Waals surface area contributed by atoms with Crippen molar-refractivity contribution >= 4 is 33.7 Å². The summed E-state index contributed by atoms with van der Waals surface area (Å²) in [6.45, 7) is 6.57. The molecule has 8 heteroatoms. The lowest BCUT2D eigenvalue weighted by Crippen LogP contribution is -2.44. The molecule has 4 rings (SSSR count). The summed E-state index contributed by atoms with van der Waals surface area (Å²) in [5.74, 6) is 0.523. The molecule has 0 fully saturated rings. The molecule has 0 heterocycles. The van der Waals surface area contributed by atoms with Crippen LogP contribution in [0.15, 0.2) is 72.8 Å². The van der Waals surface area contributed by atoms with E-state index in [4.69, 9.17) is 14.2 Å². The molecule has 0 saturated carbocycles. The van der Waals surface area contributed by atoms with Crippen LogP contribution in [0.2, 0.25) is 0 Å². The van der Waals surface area contributed by atoms with Gasteiger partial charge in [0.1, 0.15) is 25.0 Å². The first-order valence-electron chi connectivity index (χ1n) is 12.5. The van der Waals surface area contributed by atoms with Crippen molar-refractivity contribution in [3.8, 4) is 16.9 Å². The summed E-state index contributed by atoms with van der Waals surface area (Å²) in [5, 5.41) is 2.74. The maximum Gasteiger partial charge on any atom is 0.407 e. The highest BCUT2D eigenvalue weighted by atomic mass is 33.1. The second kappa shape index (κ2) is 12.6. The Bertz CT molecular complexity index is 1210. The van der Waals surface area contributed by atoms with Gasteiger partial charge in [0.25, 0.3) is 0 Å². The third-order valence-corrected chi connectivity index (χ3v) is 9.35. The Hall–Kier alpha value is -3.10. The Kier molecular flexibility index (Phi) is 9.28. The molecule has 0 spiro atoms. The monoisotopic (exact) mass is 551 g/mol. The van der Waals surface area contributed by atoms with Crippen LogP contribution < -0.4 is 10.1 Å². The maximum absolute atomic E-state index is 13.0. The summed E-state index contributed by atoms with van der Waals surface area (Å²) in [6, 6.07) is 22.8. The van der Waals surface area contributed by atoms with Crippen LogP contribution >= 0.6 is 21.6 Å². The molecule has 1 aliphatic rings. The van der Waals surface area contributed by atoms with E-state index in [1.165, 1.54) is 10.8 Å². The molecule has 3 aromatic rings. The van der Waals surface area contributed by atoms with Crippen molar-refractivity contribution in [3.63, 3.8) is 0 Å². The minimum absolute atomic E-state index is 0.00593. The molecule has 3 aromatic carbocycles. The van der Waals surface area contributed by atoms with Crippen LogP contribution in [0, 0.1) is 0 Å². The topological polar surface area (TPSA) is 73.9 Å². The first-order chi connectivity index (χ1) is 18.2. The van der Waals surface area contributed by atoms with E-state index in [0.29, 0.717) is 5.75 Å². The number of ether oxygens (including phenoxy) is 3. The molecule has 200 valence electrons. The van der Waals surface area contributed by atoms with Crippen molar-refractivity contribution in [1.29, 1.82) is 0 Å². The van der Waals surface area contributed by atoms with Gasteiger partial charge in [-0.1, -0.05) is 103 Å². The zero-order valence-corrected chi connectivity index (χ0v) is 23.7. The summed E-state index contributed by atoms with van der Waals surface area (Å²) < 4.78 is 16.4. The van der Waals surface area contributed by atoms with E-state index in [1.54, 1.807) is 17.9 Å². The fourth-order valence-corrected chi connectivity index (χ4v) is 6.66. The summed E-state index contributed by atoms with van der Waals surface area (Å²) in [6.07, 6.45) is -0.639. The van der Waals surface area contributed by atoms with Gasteiger partial charge >= 0.3 is 12.1 Å². The predicted octanol–water partition coefficient (Wildman–Crippen LogP) is 6.83. The highest BCUT2D eigenvalue weighted by Gasteiger charge is 2.30. The number of carbonyl (C=O) groups is 2. The highest BCUT2D eigenvalue weighted by molar-refractivity contribution is 8.77. The van der Waals surface area contributed by atoms with Gasteiger partial charge in [0.05, 0.1) is 7.11 Å². The van der Waals surface area contributed by atoms with E-state index in [0.717, 1.165) is 33.6 Å². The molecule has 1 aliphatic carbocycles. The third kappa shape index (κ3) is 7.26. The second-order valence-electron chi connectivity index (χ2n) is 9.96. The zero-order valence-electron chi connectivity index (χ0n) is 22.1. The van der Waals surface area contributed by atoms with E-state index in [2.05, 4.69) is 50.4 Å². The normalized spacial score (nSPS) is 13.3. The summed E-state index contributed by atoms with van der Waals surface area (Å²) >= 11 is 0. The van der Waals surface area contributed by atoms with Crippen molar-refractivity contribution in [2.24, 2.45) is 0 Å². The Morgan fingerprint density at radius 2 is 1.50 bits per heavy atom. The van der Waals surface area contributed by atoms with Crippen LogP contribution in [0.4, 0.5) is 4.79 Å². The van der Waals surface area contributed by atoms with Gasteiger partial charge in [-0.05, 0) is 39.9 Å². The molecule has 0 saturated heterocycles. The van der Waals surface area contributed by atoms with E-state index in [1.807, 2.05) is 48.5 Å². The lowest BCUT2D eigenvalue weighted by atomic mass is 9.98. The van der Waals surface area contributed by atoms with Gasteiger partial charge in [0, 0.05) is 16.4 Å². The van der Waals surface area contributed by atoms with Crippen molar-refractivity contribution in [2.75, 3.05) is 19.5 Å². The van der Waals surface area contributed by atoms with Gasteiger partial charge in [-0.15, -0.1) is 0 Å². The Labute approximate surface area is 232 Å². The van der Waals surface area contributed by atoms with Crippen LogP contribution in [-0.4, -0.2) is 42.3 Å². The Morgan fingerprint density at radius 1 is 0.895 bits per heavy atom. The van der Waals surface area contributed by atoms with Crippen LogP contribution in [0.5, 0.6) is 5.75 Å².